The largest absolute Gasteiger partial charge is 0.496 e. The summed E-state index contributed by atoms with van der Waals surface area (Å²) in [5, 5.41) is 17.0. The van der Waals surface area contributed by atoms with Gasteiger partial charge < -0.3 is 29.6 Å². The molecular formula is C45H56ClN3O7Si. The highest BCUT2D eigenvalue weighted by atomic mass is 35.5. The normalized spacial score (nSPS) is 15.7. The highest BCUT2D eigenvalue weighted by Crippen LogP contribution is 2.39. The standard InChI is InChI=1S/C45H56ClN3O7Si/c1-45(2,3)57(5,6)56-30-34-27-38(46)39(28-41(34)54-4)48-42(50)19-13-16-31-20-25-37(33-17-11-8-12-18-33)40(26-31)49(44(52)53)36-23-21-35(22-24-36)47-43(51)55-29-32-14-9-7-10-15-32/h7-12,14-15,17-18,20,25-28,35-36H,13,16,19,21-24,29-30H2,1-6H3,(H,47,51)(H,48,50)(H,52,53)/t35-,36-. The smallest absolute Gasteiger partial charge is 0.412 e. The number of hydrogen-bond donors (Lipinski definition) is 3. The lowest BCUT2D eigenvalue weighted by Gasteiger charge is -2.36. The lowest BCUT2D eigenvalue weighted by atomic mass is 9.89. The van der Waals surface area contributed by atoms with E-state index in [1.165, 1.54) is 4.90 Å². The maximum absolute atomic E-state index is 13.2. The molecule has 0 spiro atoms. The van der Waals surface area contributed by atoms with Crippen LogP contribution in [0, 0.1) is 0 Å². The first-order chi connectivity index (χ1) is 27.1. The Morgan fingerprint density at radius 1 is 0.877 bits per heavy atom. The van der Waals surface area contributed by atoms with Crippen molar-refractivity contribution in [3.8, 4) is 16.9 Å². The average molecular weight is 814 g/mol. The van der Waals surface area contributed by atoms with E-state index in [0.29, 0.717) is 67.3 Å². The van der Waals surface area contributed by atoms with Crippen LogP contribution in [0.15, 0.2) is 91.0 Å². The van der Waals surface area contributed by atoms with E-state index in [1.807, 2.05) is 78.9 Å². The number of carbonyl (C=O) groups excluding carboxylic acids is 2. The molecule has 304 valence electrons. The maximum atomic E-state index is 13.2. The second kappa shape index (κ2) is 19.5. The predicted octanol–water partition coefficient (Wildman–Crippen LogP) is 11.2. The molecule has 1 aliphatic rings. The van der Waals surface area contributed by atoms with Crippen LogP contribution in [0.2, 0.25) is 23.2 Å². The zero-order chi connectivity index (χ0) is 41.2. The highest BCUT2D eigenvalue weighted by molar-refractivity contribution is 6.74. The minimum absolute atomic E-state index is 0.0551. The van der Waals surface area contributed by atoms with E-state index in [2.05, 4.69) is 44.5 Å². The Balaban J connectivity index is 1.22. The van der Waals surface area contributed by atoms with Crippen LogP contribution in [0.25, 0.3) is 11.1 Å². The Morgan fingerprint density at radius 2 is 1.54 bits per heavy atom. The zero-order valence-corrected chi connectivity index (χ0v) is 35.7. The summed E-state index contributed by atoms with van der Waals surface area (Å²) in [7, 11) is -0.418. The third-order valence-corrected chi connectivity index (χ3v) is 15.9. The molecule has 0 aliphatic heterocycles. The van der Waals surface area contributed by atoms with Crippen molar-refractivity contribution in [2.45, 2.75) is 109 Å². The molecule has 0 saturated heterocycles. The monoisotopic (exact) mass is 813 g/mol. The molecule has 3 amide bonds. The number of aryl methyl sites for hydroxylation is 1. The van der Waals surface area contributed by atoms with Gasteiger partial charge in [-0.2, -0.15) is 0 Å². The lowest BCUT2D eigenvalue weighted by molar-refractivity contribution is -0.116. The number of alkyl carbamates (subject to hydrolysis) is 1. The van der Waals surface area contributed by atoms with Gasteiger partial charge in [-0.05, 0) is 85.5 Å². The van der Waals surface area contributed by atoms with Crippen LogP contribution >= 0.6 is 11.6 Å². The number of carbonyl (C=O) groups is 3. The molecule has 5 rings (SSSR count). The molecule has 0 radical (unpaired) electrons. The summed E-state index contributed by atoms with van der Waals surface area (Å²) in [4.78, 5) is 40.2. The van der Waals surface area contributed by atoms with E-state index in [9.17, 15) is 19.5 Å². The Hall–Kier alpha value is -4.84. The van der Waals surface area contributed by atoms with Crippen molar-refractivity contribution in [2.24, 2.45) is 0 Å². The number of anilines is 2. The second-order valence-corrected chi connectivity index (χ2v) is 21.4. The van der Waals surface area contributed by atoms with E-state index >= 15 is 0 Å². The van der Waals surface area contributed by atoms with Gasteiger partial charge in [0.2, 0.25) is 5.91 Å². The Kier molecular flexibility index (Phi) is 14.8. The molecular weight excluding hydrogens is 758 g/mol. The maximum Gasteiger partial charge on any atom is 0.412 e. The van der Waals surface area contributed by atoms with Crippen LogP contribution in [-0.4, -0.2) is 50.7 Å². The lowest BCUT2D eigenvalue weighted by Crippen LogP contribution is -2.46. The van der Waals surface area contributed by atoms with Gasteiger partial charge in [-0.15, -0.1) is 0 Å². The summed E-state index contributed by atoms with van der Waals surface area (Å²) in [6, 6.07) is 28.3. The molecule has 1 aliphatic carbocycles. The van der Waals surface area contributed by atoms with Gasteiger partial charge in [0.05, 0.1) is 30.1 Å². The highest BCUT2D eigenvalue weighted by Gasteiger charge is 2.37. The third kappa shape index (κ3) is 11.8. The van der Waals surface area contributed by atoms with E-state index in [1.54, 1.807) is 19.2 Å². The molecule has 12 heteroatoms. The average Bonchev–Trinajstić information content (AvgIpc) is 3.18. The minimum Gasteiger partial charge on any atom is -0.496 e. The number of benzene rings is 4. The Labute approximate surface area is 343 Å². The molecule has 0 heterocycles. The summed E-state index contributed by atoms with van der Waals surface area (Å²) < 4.78 is 17.5. The van der Waals surface area contributed by atoms with E-state index in [0.717, 1.165) is 27.8 Å². The van der Waals surface area contributed by atoms with Crippen molar-refractivity contribution in [1.29, 1.82) is 0 Å². The molecule has 4 aromatic carbocycles. The van der Waals surface area contributed by atoms with Crippen molar-refractivity contribution in [2.75, 3.05) is 17.3 Å². The molecule has 4 aromatic rings. The van der Waals surface area contributed by atoms with Crippen LogP contribution in [0.5, 0.6) is 5.75 Å². The predicted molar refractivity (Wildman–Crippen MR) is 230 cm³/mol. The molecule has 1 fully saturated rings. The van der Waals surface area contributed by atoms with E-state index in [-0.39, 0.29) is 36.1 Å². The summed E-state index contributed by atoms with van der Waals surface area (Å²) in [6.45, 7) is 11.5. The van der Waals surface area contributed by atoms with Crippen molar-refractivity contribution in [3.05, 3.63) is 113 Å². The van der Waals surface area contributed by atoms with Crippen LogP contribution < -0.4 is 20.3 Å². The topological polar surface area (TPSA) is 126 Å². The van der Waals surface area contributed by atoms with Gasteiger partial charge in [-0.1, -0.05) is 105 Å². The fraction of sp³-hybridized carbons (Fsp3) is 0.400. The van der Waals surface area contributed by atoms with Crippen molar-refractivity contribution < 1.29 is 33.4 Å². The van der Waals surface area contributed by atoms with E-state index < -0.39 is 20.5 Å². The van der Waals surface area contributed by atoms with Gasteiger partial charge in [0.15, 0.2) is 8.32 Å². The van der Waals surface area contributed by atoms with Gasteiger partial charge in [-0.3, -0.25) is 9.69 Å². The number of nitrogens with zero attached hydrogens (tertiary/aromatic N) is 1. The van der Waals surface area contributed by atoms with Gasteiger partial charge in [-0.25, -0.2) is 9.59 Å². The first kappa shape index (κ1) is 43.3. The van der Waals surface area contributed by atoms with Crippen LogP contribution in [-0.2, 0) is 33.6 Å². The summed E-state index contributed by atoms with van der Waals surface area (Å²) >= 11 is 6.65. The molecule has 0 atom stereocenters. The quantitative estimate of drug-likeness (QED) is 0.102. The van der Waals surface area contributed by atoms with Gasteiger partial charge in [0.1, 0.15) is 12.4 Å². The van der Waals surface area contributed by atoms with E-state index in [4.69, 9.17) is 25.5 Å². The van der Waals surface area contributed by atoms with Gasteiger partial charge >= 0.3 is 12.2 Å². The first-order valence-electron chi connectivity index (χ1n) is 19.6. The number of amides is 3. The SMILES string of the molecule is COc1cc(NC(=O)CCCc2ccc(-c3ccccc3)c(N(C(=O)O)[C@H]3CC[C@H](NC(=O)OCc4ccccc4)CC3)c2)c(Cl)cc1CO[Si](C)(C)C(C)(C)C. The minimum atomic E-state index is -2.00. The summed E-state index contributed by atoms with van der Waals surface area (Å²) in [5.41, 5.74) is 5.44. The van der Waals surface area contributed by atoms with Crippen molar-refractivity contribution in [3.63, 3.8) is 0 Å². The first-order valence-corrected chi connectivity index (χ1v) is 22.9. The molecule has 3 N–H and O–H groups in total. The zero-order valence-electron chi connectivity index (χ0n) is 33.9. The number of halogens is 1. The third-order valence-electron chi connectivity index (χ3n) is 11.1. The van der Waals surface area contributed by atoms with Crippen LogP contribution in [0.3, 0.4) is 0 Å². The molecule has 0 aromatic heterocycles. The fourth-order valence-corrected chi connectivity index (χ4v) is 7.98. The number of ether oxygens (including phenoxy) is 2. The molecule has 57 heavy (non-hydrogen) atoms. The Morgan fingerprint density at radius 3 is 2.18 bits per heavy atom. The summed E-state index contributed by atoms with van der Waals surface area (Å²) in [6.07, 6.45) is 2.21. The van der Waals surface area contributed by atoms with Crippen LogP contribution in [0.1, 0.15) is 76.0 Å². The number of hydrogen-bond acceptors (Lipinski definition) is 6. The fourth-order valence-electron chi connectivity index (χ4n) is 6.79. The van der Waals surface area contributed by atoms with Crippen molar-refractivity contribution >= 4 is 49.4 Å². The molecule has 10 nitrogen and oxygen atoms in total. The number of nitrogens with one attached hydrogen (secondary N) is 2. The second-order valence-electron chi connectivity index (χ2n) is 16.2. The number of methoxy groups -OCH3 is 1. The van der Waals surface area contributed by atoms with Gasteiger partial charge in [0, 0.05) is 35.7 Å². The number of carboxylic acid groups (broad SMARTS) is 1. The van der Waals surface area contributed by atoms with Gasteiger partial charge in [0.25, 0.3) is 0 Å². The Bertz CT molecular complexity index is 1980. The number of rotatable bonds is 15. The molecule has 0 bridgehead atoms. The molecule has 0 unspecified atom stereocenters. The van der Waals surface area contributed by atoms with Crippen LogP contribution in [0.4, 0.5) is 21.0 Å². The van der Waals surface area contributed by atoms with Crippen molar-refractivity contribution in [1.82, 2.24) is 5.32 Å². The molecule has 1 saturated carbocycles. The summed E-state index contributed by atoms with van der Waals surface area (Å²) in [5.74, 6) is 0.403.